The highest BCUT2D eigenvalue weighted by Gasteiger charge is 2.13. The lowest BCUT2D eigenvalue weighted by molar-refractivity contribution is 0.810. The van der Waals surface area contributed by atoms with Gasteiger partial charge in [0.2, 0.25) is 0 Å². The van der Waals surface area contributed by atoms with E-state index in [-0.39, 0.29) is 0 Å². The van der Waals surface area contributed by atoms with Crippen molar-refractivity contribution >= 4 is 23.1 Å². The summed E-state index contributed by atoms with van der Waals surface area (Å²) in [5.74, 6) is 0.779. The van der Waals surface area contributed by atoms with E-state index in [0.717, 1.165) is 24.5 Å². The summed E-state index contributed by atoms with van der Waals surface area (Å²) in [5, 5.41) is 0.653. The standard InChI is InChI=1S/C15H18ClN3/c1-12-5-7-13(8-6-12)19(11-3-9-17)15-14(16)4-2-10-18-15/h2,4-8,10H,3,9,11,17H2,1H3. The van der Waals surface area contributed by atoms with Gasteiger partial charge in [0.05, 0.1) is 5.02 Å². The Balaban J connectivity index is 2.35. The summed E-state index contributed by atoms with van der Waals surface area (Å²) in [6.07, 6.45) is 2.64. The highest BCUT2D eigenvalue weighted by Crippen LogP contribution is 2.29. The number of nitrogens with two attached hydrogens (primary N) is 1. The van der Waals surface area contributed by atoms with Crippen molar-refractivity contribution in [3.8, 4) is 0 Å². The summed E-state index contributed by atoms with van der Waals surface area (Å²) in [7, 11) is 0. The fourth-order valence-corrected chi connectivity index (χ4v) is 2.13. The van der Waals surface area contributed by atoms with E-state index in [1.54, 1.807) is 6.20 Å². The van der Waals surface area contributed by atoms with Crippen molar-refractivity contribution in [3.05, 3.63) is 53.2 Å². The zero-order valence-electron chi connectivity index (χ0n) is 11.0. The van der Waals surface area contributed by atoms with Crippen LogP contribution in [0.15, 0.2) is 42.6 Å². The molecule has 0 atom stereocenters. The molecule has 0 saturated heterocycles. The van der Waals surface area contributed by atoms with Gasteiger partial charge < -0.3 is 10.6 Å². The Kier molecular flexibility index (Phi) is 4.77. The number of rotatable bonds is 5. The smallest absolute Gasteiger partial charge is 0.151 e. The van der Waals surface area contributed by atoms with Gasteiger partial charge in [-0.2, -0.15) is 0 Å². The van der Waals surface area contributed by atoms with Crippen LogP contribution in [0.5, 0.6) is 0 Å². The molecule has 19 heavy (non-hydrogen) atoms. The van der Waals surface area contributed by atoms with Gasteiger partial charge in [-0.1, -0.05) is 29.3 Å². The number of nitrogens with zero attached hydrogens (tertiary/aromatic N) is 2. The molecular weight excluding hydrogens is 258 g/mol. The maximum atomic E-state index is 6.24. The molecule has 100 valence electrons. The normalized spacial score (nSPS) is 10.5. The van der Waals surface area contributed by atoms with Gasteiger partial charge in [0.1, 0.15) is 0 Å². The Bertz CT molecular complexity index is 525. The first-order valence-electron chi connectivity index (χ1n) is 6.37. The lowest BCUT2D eigenvalue weighted by Crippen LogP contribution is -2.22. The second-order valence-corrected chi connectivity index (χ2v) is 4.85. The third-order valence-corrected chi connectivity index (χ3v) is 3.22. The Morgan fingerprint density at radius 1 is 1.21 bits per heavy atom. The molecule has 1 aromatic carbocycles. The number of benzene rings is 1. The Hall–Kier alpha value is -1.58. The first-order chi connectivity index (χ1) is 9.22. The van der Waals surface area contributed by atoms with Crippen molar-refractivity contribution in [2.45, 2.75) is 13.3 Å². The minimum absolute atomic E-state index is 0.646. The van der Waals surface area contributed by atoms with Gasteiger partial charge in [-0.05, 0) is 44.2 Å². The van der Waals surface area contributed by atoms with E-state index in [1.807, 2.05) is 12.1 Å². The summed E-state index contributed by atoms with van der Waals surface area (Å²) in [4.78, 5) is 6.49. The maximum absolute atomic E-state index is 6.24. The first-order valence-corrected chi connectivity index (χ1v) is 6.75. The second kappa shape index (κ2) is 6.55. The maximum Gasteiger partial charge on any atom is 0.151 e. The Morgan fingerprint density at radius 2 is 1.95 bits per heavy atom. The number of hydrogen-bond acceptors (Lipinski definition) is 3. The molecule has 0 unspecified atom stereocenters. The minimum Gasteiger partial charge on any atom is -0.330 e. The molecule has 3 nitrogen and oxygen atoms in total. The fourth-order valence-electron chi connectivity index (χ4n) is 1.91. The summed E-state index contributed by atoms with van der Waals surface area (Å²) < 4.78 is 0. The molecule has 0 fully saturated rings. The number of anilines is 2. The van der Waals surface area contributed by atoms with Crippen LogP contribution < -0.4 is 10.6 Å². The molecule has 0 aliphatic rings. The highest BCUT2D eigenvalue weighted by atomic mass is 35.5. The molecule has 1 aromatic heterocycles. The summed E-state index contributed by atoms with van der Waals surface area (Å²) >= 11 is 6.24. The molecule has 0 amide bonds. The lowest BCUT2D eigenvalue weighted by atomic mass is 10.2. The quantitative estimate of drug-likeness (QED) is 0.908. The lowest BCUT2D eigenvalue weighted by Gasteiger charge is -2.24. The van der Waals surface area contributed by atoms with Gasteiger partial charge >= 0.3 is 0 Å². The van der Waals surface area contributed by atoms with Crippen LogP contribution >= 0.6 is 11.6 Å². The molecule has 0 radical (unpaired) electrons. The molecule has 0 aliphatic heterocycles. The second-order valence-electron chi connectivity index (χ2n) is 4.44. The van der Waals surface area contributed by atoms with Crippen molar-refractivity contribution in [2.75, 3.05) is 18.0 Å². The zero-order chi connectivity index (χ0) is 13.7. The van der Waals surface area contributed by atoms with Gasteiger partial charge in [0.15, 0.2) is 5.82 Å². The summed E-state index contributed by atoms with van der Waals surface area (Å²) in [6.45, 7) is 3.52. The molecule has 1 heterocycles. The van der Waals surface area contributed by atoms with E-state index >= 15 is 0 Å². The predicted molar refractivity (Wildman–Crippen MR) is 81.1 cm³/mol. The van der Waals surface area contributed by atoms with Crippen molar-refractivity contribution in [1.82, 2.24) is 4.98 Å². The number of aromatic nitrogens is 1. The van der Waals surface area contributed by atoms with E-state index in [4.69, 9.17) is 17.3 Å². The Labute approximate surface area is 119 Å². The Morgan fingerprint density at radius 3 is 2.58 bits per heavy atom. The molecular formula is C15H18ClN3. The molecule has 4 heteroatoms. The van der Waals surface area contributed by atoms with Gasteiger partial charge in [-0.3, -0.25) is 0 Å². The number of hydrogen-bond donors (Lipinski definition) is 1. The van der Waals surface area contributed by atoms with Crippen LogP contribution in [0.2, 0.25) is 5.02 Å². The molecule has 0 bridgehead atoms. The largest absolute Gasteiger partial charge is 0.330 e. The average molecular weight is 276 g/mol. The minimum atomic E-state index is 0.646. The van der Waals surface area contributed by atoms with Crippen molar-refractivity contribution < 1.29 is 0 Å². The van der Waals surface area contributed by atoms with E-state index in [0.29, 0.717) is 11.6 Å². The molecule has 2 N–H and O–H groups in total. The van der Waals surface area contributed by atoms with Crippen LogP contribution in [-0.4, -0.2) is 18.1 Å². The van der Waals surface area contributed by atoms with Crippen molar-refractivity contribution in [2.24, 2.45) is 5.73 Å². The fraction of sp³-hybridized carbons (Fsp3) is 0.267. The van der Waals surface area contributed by atoms with Crippen LogP contribution in [0, 0.1) is 6.92 Å². The highest BCUT2D eigenvalue weighted by molar-refractivity contribution is 6.33. The van der Waals surface area contributed by atoms with E-state index in [1.165, 1.54) is 5.56 Å². The molecule has 0 aliphatic carbocycles. The SMILES string of the molecule is Cc1ccc(N(CCCN)c2ncccc2Cl)cc1. The van der Waals surface area contributed by atoms with Crippen LogP contribution in [0.4, 0.5) is 11.5 Å². The van der Waals surface area contributed by atoms with Crippen LogP contribution in [0.1, 0.15) is 12.0 Å². The first kappa shape index (κ1) is 13.8. The van der Waals surface area contributed by atoms with Gasteiger partial charge in [-0.15, -0.1) is 0 Å². The van der Waals surface area contributed by atoms with E-state index in [2.05, 4.69) is 41.1 Å². The third kappa shape index (κ3) is 3.46. The monoisotopic (exact) mass is 275 g/mol. The van der Waals surface area contributed by atoms with Crippen molar-refractivity contribution in [3.63, 3.8) is 0 Å². The molecule has 0 spiro atoms. The van der Waals surface area contributed by atoms with E-state index < -0.39 is 0 Å². The summed E-state index contributed by atoms with van der Waals surface area (Å²) in [5.41, 5.74) is 7.93. The third-order valence-electron chi connectivity index (χ3n) is 2.93. The topological polar surface area (TPSA) is 42.1 Å². The molecule has 2 rings (SSSR count). The molecule has 0 saturated carbocycles. The molecule has 2 aromatic rings. The van der Waals surface area contributed by atoms with Gasteiger partial charge in [-0.25, -0.2) is 4.98 Å². The predicted octanol–water partition coefficient (Wildman–Crippen LogP) is 3.53. The van der Waals surface area contributed by atoms with Crippen LogP contribution in [0.3, 0.4) is 0 Å². The van der Waals surface area contributed by atoms with Crippen molar-refractivity contribution in [1.29, 1.82) is 0 Å². The van der Waals surface area contributed by atoms with Gasteiger partial charge in [0.25, 0.3) is 0 Å². The van der Waals surface area contributed by atoms with E-state index in [9.17, 15) is 0 Å². The number of halogens is 1. The number of aryl methyl sites for hydroxylation is 1. The van der Waals surface area contributed by atoms with Crippen LogP contribution in [0.25, 0.3) is 0 Å². The van der Waals surface area contributed by atoms with Crippen LogP contribution in [-0.2, 0) is 0 Å². The summed E-state index contributed by atoms with van der Waals surface area (Å²) in [6, 6.07) is 12.0. The van der Waals surface area contributed by atoms with Gasteiger partial charge in [0, 0.05) is 18.4 Å². The average Bonchev–Trinajstić information content (AvgIpc) is 2.43. The number of pyridine rings is 1. The zero-order valence-corrected chi connectivity index (χ0v) is 11.8.